The molecule has 3 atom stereocenters. The van der Waals surface area contributed by atoms with Crippen molar-refractivity contribution >= 4 is 5.97 Å². The molecule has 41 heavy (non-hydrogen) atoms. The Labute approximate surface area is 244 Å². The molecule has 0 radical (unpaired) electrons. The van der Waals surface area contributed by atoms with Crippen LogP contribution in [0.1, 0.15) is 62.5 Å². The molecule has 0 N–H and O–H groups in total. The maximum Gasteiger partial charge on any atom is 0.305 e. The van der Waals surface area contributed by atoms with Crippen molar-refractivity contribution in [1.82, 2.24) is 9.80 Å². The lowest BCUT2D eigenvalue weighted by Gasteiger charge is -2.53. The van der Waals surface area contributed by atoms with Crippen molar-refractivity contribution in [2.75, 3.05) is 53.0 Å². The minimum absolute atomic E-state index is 0.128. The van der Waals surface area contributed by atoms with E-state index in [9.17, 15) is 9.18 Å². The quantitative estimate of drug-likeness (QED) is 0.241. The van der Waals surface area contributed by atoms with Crippen molar-refractivity contribution < 1.29 is 18.7 Å². The number of piperidine rings is 1. The smallest absolute Gasteiger partial charge is 0.305 e. The molecular weight excluding hydrogens is 517 g/mol. The molecule has 6 nitrogen and oxygen atoms in total. The van der Waals surface area contributed by atoms with Crippen LogP contribution in [0.2, 0.25) is 0 Å². The Hall–Kier alpha value is -2.95. The van der Waals surface area contributed by atoms with E-state index >= 15 is 0 Å². The van der Waals surface area contributed by atoms with Crippen LogP contribution in [0.4, 0.5) is 4.39 Å². The first kappa shape index (κ1) is 29.5. The molecule has 2 saturated heterocycles. The number of carbonyl (C=O) groups excluding carboxylic acids is 1. The number of ether oxygens (including phenoxy) is 2. The van der Waals surface area contributed by atoms with E-state index in [1.165, 1.54) is 13.5 Å². The number of carbonyl (C=O) groups is 1. The average Bonchev–Trinajstić information content (AvgIpc) is 3.44. The van der Waals surface area contributed by atoms with Gasteiger partial charge in [-0.1, -0.05) is 18.6 Å². The number of esters is 1. The largest absolute Gasteiger partial charge is 0.494 e. The summed E-state index contributed by atoms with van der Waals surface area (Å²) < 4.78 is 25.8. The fraction of sp³-hybridized carbons (Fsp3) is 0.588. The third-order valence-corrected chi connectivity index (χ3v) is 9.96. The Kier molecular flexibility index (Phi) is 9.95. The topological polar surface area (TPSA) is 65.8 Å². The maximum atomic E-state index is 14.8. The van der Waals surface area contributed by atoms with Gasteiger partial charge in [0.05, 0.1) is 25.3 Å². The molecule has 0 bridgehead atoms. The number of hydrogen-bond donors (Lipinski definition) is 0. The van der Waals surface area contributed by atoms with Crippen LogP contribution in [0.25, 0.3) is 0 Å². The van der Waals surface area contributed by atoms with Crippen molar-refractivity contribution in [3.63, 3.8) is 0 Å². The van der Waals surface area contributed by atoms with E-state index in [4.69, 9.17) is 14.7 Å². The van der Waals surface area contributed by atoms with Gasteiger partial charge in [0.2, 0.25) is 0 Å². The average molecular weight is 562 g/mol. The summed E-state index contributed by atoms with van der Waals surface area (Å²) in [5.41, 5.74) is 1.58. The zero-order valence-electron chi connectivity index (χ0n) is 24.4. The Morgan fingerprint density at radius 2 is 1.80 bits per heavy atom. The van der Waals surface area contributed by atoms with Crippen LogP contribution >= 0.6 is 0 Å². The number of hydrogen-bond acceptors (Lipinski definition) is 6. The maximum absolute atomic E-state index is 14.8. The van der Waals surface area contributed by atoms with Crippen LogP contribution in [0.5, 0.6) is 5.75 Å². The molecule has 0 amide bonds. The van der Waals surface area contributed by atoms with Crippen molar-refractivity contribution in [2.45, 2.75) is 56.8 Å². The number of halogens is 1. The summed E-state index contributed by atoms with van der Waals surface area (Å²) in [6.07, 6.45) is 7.99. The first-order chi connectivity index (χ1) is 20.0. The first-order valence-corrected chi connectivity index (χ1v) is 15.4. The van der Waals surface area contributed by atoms with E-state index in [1.807, 2.05) is 18.2 Å². The van der Waals surface area contributed by atoms with Gasteiger partial charge in [0.1, 0.15) is 11.6 Å². The normalized spacial score (nSPS) is 23.3. The highest BCUT2D eigenvalue weighted by Gasteiger charge is 2.52. The van der Waals surface area contributed by atoms with Gasteiger partial charge in [0, 0.05) is 24.9 Å². The third kappa shape index (κ3) is 6.93. The lowest BCUT2D eigenvalue weighted by atomic mass is 9.56. The summed E-state index contributed by atoms with van der Waals surface area (Å²) in [5.74, 6) is 1.53. The monoisotopic (exact) mass is 561 g/mol. The van der Waals surface area contributed by atoms with Gasteiger partial charge in [-0.25, -0.2) is 4.39 Å². The zero-order valence-corrected chi connectivity index (χ0v) is 24.4. The summed E-state index contributed by atoms with van der Waals surface area (Å²) >= 11 is 0. The Morgan fingerprint density at radius 3 is 2.46 bits per heavy atom. The summed E-state index contributed by atoms with van der Waals surface area (Å²) in [4.78, 5) is 17.6. The Balaban J connectivity index is 1.29. The number of methoxy groups -OCH3 is 1. The van der Waals surface area contributed by atoms with Gasteiger partial charge >= 0.3 is 5.97 Å². The van der Waals surface area contributed by atoms with Gasteiger partial charge in [-0.3, -0.25) is 4.79 Å². The van der Waals surface area contributed by atoms with Gasteiger partial charge in [-0.2, -0.15) is 5.26 Å². The lowest BCUT2D eigenvalue weighted by molar-refractivity contribution is -0.142. The minimum Gasteiger partial charge on any atom is -0.494 e. The highest BCUT2D eigenvalue weighted by atomic mass is 19.1. The molecule has 3 fully saturated rings. The molecule has 7 heteroatoms. The second-order valence-electron chi connectivity index (χ2n) is 12.2. The van der Waals surface area contributed by atoms with E-state index in [2.05, 4.69) is 21.9 Å². The molecule has 3 aliphatic rings. The van der Waals surface area contributed by atoms with Crippen LogP contribution in [0.15, 0.2) is 48.5 Å². The van der Waals surface area contributed by atoms with Gasteiger partial charge in [-0.05, 0) is 124 Å². The highest BCUT2D eigenvalue weighted by molar-refractivity contribution is 5.69. The number of rotatable bonds is 12. The molecule has 2 aliphatic heterocycles. The van der Waals surface area contributed by atoms with Crippen molar-refractivity contribution in [2.24, 2.45) is 17.8 Å². The van der Waals surface area contributed by atoms with Crippen molar-refractivity contribution in [3.8, 4) is 11.8 Å². The van der Waals surface area contributed by atoms with E-state index in [0.29, 0.717) is 30.4 Å². The van der Waals surface area contributed by atoms with Crippen molar-refractivity contribution in [3.05, 3.63) is 65.5 Å². The van der Waals surface area contributed by atoms with Crippen LogP contribution in [-0.2, 0) is 14.9 Å². The van der Waals surface area contributed by atoms with E-state index in [-0.39, 0.29) is 23.1 Å². The highest BCUT2D eigenvalue weighted by Crippen LogP contribution is 2.54. The minimum atomic E-state index is -0.178. The molecule has 5 rings (SSSR count). The van der Waals surface area contributed by atoms with E-state index in [1.54, 1.807) is 24.3 Å². The summed E-state index contributed by atoms with van der Waals surface area (Å²) in [6, 6.07) is 16.8. The second kappa shape index (κ2) is 13.8. The van der Waals surface area contributed by atoms with Crippen LogP contribution < -0.4 is 4.74 Å². The van der Waals surface area contributed by atoms with Crippen molar-refractivity contribution in [1.29, 1.82) is 5.26 Å². The van der Waals surface area contributed by atoms with Gasteiger partial charge < -0.3 is 19.3 Å². The summed E-state index contributed by atoms with van der Waals surface area (Å²) in [7, 11) is 1.48. The fourth-order valence-corrected chi connectivity index (χ4v) is 7.81. The second-order valence-corrected chi connectivity index (χ2v) is 12.2. The molecule has 220 valence electrons. The third-order valence-electron chi connectivity index (χ3n) is 9.96. The number of benzene rings is 2. The summed E-state index contributed by atoms with van der Waals surface area (Å²) in [6.45, 7) is 6.82. The Morgan fingerprint density at radius 1 is 1.02 bits per heavy atom. The fourth-order valence-electron chi connectivity index (χ4n) is 7.81. The van der Waals surface area contributed by atoms with Crippen LogP contribution in [0, 0.1) is 34.9 Å². The molecule has 2 aromatic rings. The predicted molar refractivity (Wildman–Crippen MR) is 157 cm³/mol. The van der Waals surface area contributed by atoms with Crippen LogP contribution in [-0.4, -0.2) is 68.8 Å². The molecule has 0 unspecified atom stereocenters. The molecular formula is C34H44FN3O3. The van der Waals surface area contributed by atoms with Gasteiger partial charge in [-0.15, -0.1) is 0 Å². The van der Waals surface area contributed by atoms with E-state index < -0.39 is 0 Å². The number of nitrogens with zero attached hydrogens (tertiary/aromatic N) is 3. The molecule has 2 aromatic carbocycles. The number of nitriles is 1. The van der Waals surface area contributed by atoms with E-state index in [0.717, 1.165) is 89.1 Å². The lowest BCUT2D eigenvalue weighted by Crippen LogP contribution is -2.57. The zero-order chi connectivity index (χ0) is 28.7. The molecule has 1 saturated carbocycles. The molecule has 0 aromatic heterocycles. The molecule has 1 aliphatic carbocycles. The number of likely N-dealkylation sites (tertiary alicyclic amines) is 2. The first-order valence-electron chi connectivity index (χ1n) is 15.4. The standard InChI is InChI=1S/C34H44FN3O3/c1-40-33(39)22-27-6-2-9-32(27)34(25-38-16-4-17-38,29-7-3-8-30(35)23-29)28-14-19-37(20-15-28)18-5-21-41-31-12-10-26(24-36)11-13-31/h3,7-8,10-13,23,27-28,32H,2,4-6,9,14-22,25H2,1H3/t27-,32+,34+/m1/s1. The van der Waals surface area contributed by atoms with Gasteiger partial charge in [0.25, 0.3) is 0 Å². The SMILES string of the molecule is COC(=O)C[C@H]1CCC[C@@H]1[C@](CN1CCC1)(c1cccc(F)c1)C1CCN(CCCOc2ccc(C#N)cc2)CC1. The van der Waals surface area contributed by atoms with Crippen LogP contribution in [0.3, 0.4) is 0 Å². The Bertz CT molecular complexity index is 1190. The van der Waals surface area contributed by atoms with Gasteiger partial charge in [0.15, 0.2) is 0 Å². The summed E-state index contributed by atoms with van der Waals surface area (Å²) in [5, 5.41) is 8.98. The predicted octanol–water partition coefficient (Wildman–Crippen LogP) is 5.80. The molecule has 0 spiro atoms. The molecule has 2 heterocycles.